The molecule has 12 heavy (non-hydrogen) atoms. The standard InChI is InChI=1S/C7H12O5/c1-7(2,3)10-5(8)4-6(9)12-11-4/h4,6,9H,1-3H3. The number of hydrogen-bond donors (Lipinski definition) is 1. The number of carbonyl (C=O) groups excluding carboxylic acids is 1. The lowest BCUT2D eigenvalue weighted by molar-refractivity contribution is -0.501. The Morgan fingerprint density at radius 3 is 2.25 bits per heavy atom. The Morgan fingerprint density at radius 2 is 2.00 bits per heavy atom. The van der Waals surface area contributed by atoms with Gasteiger partial charge in [0.15, 0.2) is 0 Å². The van der Waals surface area contributed by atoms with E-state index in [-0.39, 0.29) is 0 Å². The van der Waals surface area contributed by atoms with Crippen molar-refractivity contribution < 1.29 is 24.4 Å². The molecule has 1 aliphatic rings. The van der Waals surface area contributed by atoms with Gasteiger partial charge in [0.1, 0.15) is 5.60 Å². The summed E-state index contributed by atoms with van der Waals surface area (Å²) >= 11 is 0. The first-order valence-electron chi connectivity index (χ1n) is 3.63. The maximum absolute atomic E-state index is 11.1. The molecule has 1 fully saturated rings. The van der Waals surface area contributed by atoms with Gasteiger partial charge in [0.2, 0.25) is 12.4 Å². The molecule has 0 spiro atoms. The van der Waals surface area contributed by atoms with Crippen LogP contribution < -0.4 is 0 Å². The molecule has 1 heterocycles. The molecule has 0 bridgehead atoms. The summed E-state index contributed by atoms with van der Waals surface area (Å²) < 4.78 is 4.91. The molecule has 70 valence electrons. The summed E-state index contributed by atoms with van der Waals surface area (Å²) in [4.78, 5) is 19.5. The van der Waals surface area contributed by atoms with Crippen molar-refractivity contribution in [3.63, 3.8) is 0 Å². The van der Waals surface area contributed by atoms with Crippen molar-refractivity contribution in [1.29, 1.82) is 0 Å². The molecule has 1 N–H and O–H groups in total. The molecular weight excluding hydrogens is 164 g/mol. The molecule has 2 unspecified atom stereocenters. The summed E-state index contributed by atoms with van der Waals surface area (Å²) in [6.07, 6.45) is -2.19. The van der Waals surface area contributed by atoms with E-state index in [4.69, 9.17) is 9.84 Å². The average Bonchev–Trinajstić information content (AvgIpc) is 1.79. The lowest BCUT2D eigenvalue weighted by atomic mass is 10.2. The zero-order chi connectivity index (χ0) is 9.35. The van der Waals surface area contributed by atoms with Crippen molar-refractivity contribution >= 4 is 5.97 Å². The van der Waals surface area contributed by atoms with E-state index < -0.39 is 24.0 Å². The van der Waals surface area contributed by atoms with Crippen LogP contribution >= 0.6 is 0 Å². The normalized spacial score (nSPS) is 29.3. The first-order valence-corrected chi connectivity index (χ1v) is 3.63. The molecule has 2 atom stereocenters. The average molecular weight is 176 g/mol. The van der Waals surface area contributed by atoms with E-state index in [1.54, 1.807) is 20.8 Å². The molecule has 1 saturated heterocycles. The van der Waals surface area contributed by atoms with E-state index in [0.29, 0.717) is 0 Å². The minimum atomic E-state index is -1.19. The highest BCUT2D eigenvalue weighted by molar-refractivity contribution is 5.76. The van der Waals surface area contributed by atoms with E-state index in [0.717, 1.165) is 0 Å². The van der Waals surface area contributed by atoms with Gasteiger partial charge < -0.3 is 9.84 Å². The number of rotatable bonds is 1. The first-order chi connectivity index (χ1) is 5.40. The van der Waals surface area contributed by atoms with Gasteiger partial charge in [-0.05, 0) is 20.8 Å². The molecule has 0 aromatic heterocycles. The fourth-order valence-electron chi connectivity index (χ4n) is 0.676. The van der Waals surface area contributed by atoms with Gasteiger partial charge in [-0.15, -0.1) is 0 Å². The summed E-state index contributed by atoms with van der Waals surface area (Å²) in [5.41, 5.74) is -0.574. The predicted octanol–water partition coefficient (Wildman–Crippen LogP) is -0.0231. The van der Waals surface area contributed by atoms with E-state index in [1.807, 2.05) is 0 Å². The fraction of sp³-hybridized carbons (Fsp3) is 0.857. The van der Waals surface area contributed by atoms with Crippen LogP contribution in [0.2, 0.25) is 0 Å². The topological polar surface area (TPSA) is 65.0 Å². The van der Waals surface area contributed by atoms with Crippen LogP contribution in [0.5, 0.6) is 0 Å². The maximum atomic E-state index is 11.1. The first kappa shape index (κ1) is 9.44. The second-order valence-corrected chi connectivity index (χ2v) is 3.54. The summed E-state index contributed by atoms with van der Waals surface area (Å²) in [6.45, 7) is 5.20. The van der Waals surface area contributed by atoms with E-state index in [1.165, 1.54) is 0 Å². The van der Waals surface area contributed by atoms with Crippen LogP contribution in [-0.4, -0.2) is 29.1 Å². The maximum Gasteiger partial charge on any atom is 0.344 e. The Labute approximate surface area is 70.1 Å². The molecule has 1 rings (SSSR count). The minimum Gasteiger partial charge on any atom is -0.458 e. The Bertz CT molecular complexity index is 183. The van der Waals surface area contributed by atoms with Crippen LogP contribution in [0.4, 0.5) is 0 Å². The Hall–Kier alpha value is -0.650. The Kier molecular flexibility index (Phi) is 2.36. The number of aliphatic hydroxyl groups excluding tert-OH is 1. The lowest BCUT2D eigenvalue weighted by Crippen LogP contribution is -2.50. The monoisotopic (exact) mass is 176 g/mol. The zero-order valence-electron chi connectivity index (χ0n) is 7.23. The van der Waals surface area contributed by atoms with Crippen LogP contribution in [-0.2, 0) is 19.3 Å². The van der Waals surface area contributed by atoms with Gasteiger partial charge >= 0.3 is 5.97 Å². The Morgan fingerprint density at radius 1 is 1.42 bits per heavy atom. The number of esters is 1. The summed E-state index contributed by atoms with van der Waals surface area (Å²) in [5.74, 6) is -0.610. The number of ether oxygens (including phenoxy) is 1. The molecule has 5 heteroatoms. The zero-order valence-corrected chi connectivity index (χ0v) is 7.23. The predicted molar refractivity (Wildman–Crippen MR) is 37.8 cm³/mol. The van der Waals surface area contributed by atoms with Crippen molar-refractivity contribution in [2.75, 3.05) is 0 Å². The van der Waals surface area contributed by atoms with Crippen LogP contribution in [0.15, 0.2) is 0 Å². The van der Waals surface area contributed by atoms with Crippen molar-refractivity contribution in [2.24, 2.45) is 0 Å². The third kappa shape index (κ3) is 2.17. The second-order valence-electron chi connectivity index (χ2n) is 3.54. The van der Waals surface area contributed by atoms with Crippen LogP contribution in [0.25, 0.3) is 0 Å². The highest BCUT2D eigenvalue weighted by Crippen LogP contribution is 2.18. The molecule has 5 nitrogen and oxygen atoms in total. The molecule has 1 aliphatic heterocycles. The van der Waals surface area contributed by atoms with Crippen LogP contribution in [0, 0.1) is 0 Å². The molecule has 0 radical (unpaired) electrons. The second kappa shape index (κ2) is 3.01. The lowest BCUT2D eigenvalue weighted by Gasteiger charge is -2.31. The van der Waals surface area contributed by atoms with E-state index in [2.05, 4.69) is 9.78 Å². The highest BCUT2D eigenvalue weighted by atomic mass is 17.3. The quantitative estimate of drug-likeness (QED) is 0.449. The molecule has 0 amide bonds. The molecular formula is C7H12O5. The molecule has 0 aromatic rings. The van der Waals surface area contributed by atoms with Gasteiger partial charge in [0.05, 0.1) is 0 Å². The molecule has 0 saturated carbocycles. The van der Waals surface area contributed by atoms with Crippen LogP contribution in [0.3, 0.4) is 0 Å². The van der Waals surface area contributed by atoms with Crippen molar-refractivity contribution in [2.45, 2.75) is 38.8 Å². The van der Waals surface area contributed by atoms with E-state index >= 15 is 0 Å². The fourth-order valence-corrected chi connectivity index (χ4v) is 0.676. The number of carbonyl (C=O) groups is 1. The number of aliphatic hydroxyl groups is 1. The smallest absolute Gasteiger partial charge is 0.344 e. The summed E-state index contributed by atoms with van der Waals surface area (Å²) in [6, 6.07) is 0. The third-order valence-electron chi connectivity index (χ3n) is 1.16. The largest absolute Gasteiger partial charge is 0.458 e. The van der Waals surface area contributed by atoms with Gasteiger partial charge in [-0.25, -0.2) is 9.68 Å². The van der Waals surface area contributed by atoms with Crippen molar-refractivity contribution in [3.8, 4) is 0 Å². The summed E-state index contributed by atoms with van der Waals surface area (Å²) in [7, 11) is 0. The van der Waals surface area contributed by atoms with Gasteiger partial charge in [0.25, 0.3) is 0 Å². The van der Waals surface area contributed by atoms with Crippen molar-refractivity contribution in [1.82, 2.24) is 0 Å². The van der Waals surface area contributed by atoms with Crippen LogP contribution in [0.1, 0.15) is 20.8 Å². The molecule has 0 aromatic carbocycles. The van der Waals surface area contributed by atoms with Gasteiger partial charge in [-0.2, -0.15) is 4.89 Å². The number of hydrogen-bond acceptors (Lipinski definition) is 5. The van der Waals surface area contributed by atoms with Gasteiger partial charge in [0, 0.05) is 0 Å². The van der Waals surface area contributed by atoms with Gasteiger partial charge in [-0.3, -0.25) is 0 Å². The third-order valence-corrected chi connectivity index (χ3v) is 1.16. The summed E-state index contributed by atoms with van der Waals surface area (Å²) in [5, 5.41) is 8.83. The van der Waals surface area contributed by atoms with Crippen molar-refractivity contribution in [3.05, 3.63) is 0 Å². The van der Waals surface area contributed by atoms with E-state index in [9.17, 15) is 4.79 Å². The van der Waals surface area contributed by atoms with Gasteiger partial charge in [-0.1, -0.05) is 0 Å². The minimum absolute atomic E-state index is 0.574. The molecule has 0 aliphatic carbocycles. The SMILES string of the molecule is CC(C)(C)OC(=O)C1OOC1O. The Balaban J connectivity index is 2.39. The highest BCUT2D eigenvalue weighted by Gasteiger charge is 2.42.